The van der Waals surface area contributed by atoms with E-state index in [-0.39, 0.29) is 11.8 Å². The first-order valence-corrected chi connectivity index (χ1v) is 10.3. The van der Waals surface area contributed by atoms with Crippen LogP contribution in [-0.2, 0) is 16.1 Å². The summed E-state index contributed by atoms with van der Waals surface area (Å²) < 4.78 is 11.0. The molecule has 0 unspecified atom stereocenters. The fraction of sp³-hybridized carbons (Fsp3) is 0.417. The molecule has 0 saturated heterocycles. The number of rotatable bonds is 11. The molecule has 0 aromatic heterocycles. The molecule has 0 bridgehead atoms. The molecule has 2 amide bonds. The predicted octanol–water partition coefficient (Wildman–Crippen LogP) is 3.72. The van der Waals surface area contributed by atoms with Crippen LogP contribution in [0.5, 0.6) is 11.5 Å². The van der Waals surface area contributed by atoms with E-state index in [0.29, 0.717) is 32.5 Å². The van der Waals surface area contributed by atoms with Gasteiger partial charge in [-0.05, 0) is 57.0 Å². The average molecular weight is 413 g/mol. The van der Waals surface area contributed by atoms with Gasteiger partial charge in [0.1, 0.15) is 17.5 Å². The minimum Gasteiger partial charge on any atom is -0.497 e. The second kappa shape index (κ2) is 11.9. The number of aryl methyl sites for hydroxylation is 1. The van der Waals surface area contributed by atoms with Gasteiger partial charge >= 0.3 is 0 Å². The summed E-state index contributed by atoms with van der Waals surface area (Å²) in [6, 6.07) is 14.8. The van der Waals surface area contributed by atoms with Crippen molar-refractivity contribution in [3.8, 4) is 11.5 Å². The number of benzene rings is 2. The van der Waals surface area contributed by atoms with E-state index in [2.05, 4.69) is 5.32 Å². The normalized spacial score (nSPS) is 11.5. The summed E-state index contributed by atoms with van der Waals surface area (Å²) in [5, 5.41) is 2.80. The van der Waals surface area contributed by atoms with Crippen molar-refractivity contribution < 1.29 is 19.1 Å². The van der Waals surface area contributed by atoms with Gasteiger partial charge in [0.05, 0.1) is 13.7 Å². The SMILES string of the molecule is CCNC(=O)[C@@H](C)N(Cc1cccc(OC)c1)C(=O)CCCOc1ccc(C)cc1. The van der Waals surface area contributed by atoms with E-state index in [1.165, 1.54) is 5.56 Å². The molecule has 0 saturated carbocycles. The molecule has 0 heterocycles. The Labute approximate surface area is 179 Å². The largest absolute Gasteiger partial charge is 0.497 e. The van der Waals surface area contributed by atoms with Gasteiger partial charge < -0.3 is 19.7 Å². The summed E-state index contributed by atoms with van der Waals surface area (Å²) in [7, 11) is 1.60. The Kier molecular flexibility index (Phi) is 9.19. The van der Waals surface area contributed by atoms with E-state index in [9.17, 15) is 9.59 Å². The van der Waals surface area contributed by atoms with Gasteiger partial charge in [-0.1, -0.05) is 29.8 Å². The van der Waals surface area contributed by atoms with E-state index in [0.717, 1.165) is 17.1 Å². The zero-order chi connectivity index (χ0) is 21.9. The van der Waals surface area contributed by atoms with Gasteiger partial charge in [0, 0.05) is 19.5 Å². The maximum Gasteiger partial charge on any atom is 0.242 e. The van der Waals surface area contributed by atoms with Crippen LogP contribution in [0, 0.1) is 6.92 Å². The van der Waals surface area contributed by atoms with Gasteiger partial charge in [-0.2, -0.15) is 0 Å². The van der Waals surface area contributed by atoms with Crippen LogP contribution in [0.15, 0.2) is 48.5 Å². The smallest absolute Gasteiger partial charge is 0.242 e. The van der Waals surface area contributed by atoms with Gasteiger partial charge in [0.15, 0.2) is 0 Å². The van der Waals surface area contributed by atoms with Crippen molar-refractivity contribution in [1.29, 1.82) is 0 Å². The number of nitrogens with one attached hydrogen (secondary N) is 1. The Hall–Kier alpha value is -3.02. The van der Waals surface area contributed by atoms with Crippen LogP contribution in [0.25, 0.3) is 0 Å². The van der Waals surface area contributed by atoms with Crippen LogP contribution in [-0.4, -0.2) is 43.0 Å². The molecule has 6 heteroatoms. The molecular formula is C24H32N2O4. The highest BCUT2D eigenvalue weighted by Gasteiger charge is 2.25. The Morgan fingerprint density at radius 3 is 2.50 bits per heavy atom. The number of nitrogens with zero attached hydrogens (tertiary/aromatic N) is 1. The summed E-state index contributed by atoms with van der Waals surface area (Å²) in [6.07, 6.45) is 0.878. The Morgan fingerprint density at radius 1 is 1.10 bits per heavy atom. The number of methoxy groups -OCH3 is 1. The molecule has 30 heavy (non-hydrogen) atoms. The van der Waals surface area contributed by atoms with Crippen molar-refractivity contribution in [2.45, 2.75) is 46.2 Å². The Morgan fingerprint density at radius 2 is 1.83 bits per heavy atom. The summed E-state index contributed by atoms with van der Waals surface area (Å²) in [5.74, 6) is 1.27. The molecule has 6 nitrogen and oxygen atoms in total. The van der Waals surface area contributed by atoms with E-state index >= 15 is 0 Å². The number of carbonyl (C=O) groups is 2. The molecule has 0 aliphatic carbocycles. The quantitative estimate of drug-likeness (QED) is 0.571. The molecule has 1 atom stereocenters. The second-order valence-electron chi connectivity index (χ2n) is 7.21. The molecule has 0 aliphatic rings. The second-order valence-corrected chi connectivity index (χ2v) is 7.21. The fourth-order valence-corrected chi connectivity index (χ4v) is 3.06. The molecule has 0 fully saturated rings. The molecule has 1 N–H and O–H groups in total. The molecule has 0 spiro atoms. The van der Waals surface area contributed by atoms with Crippen molar-refractivity contribution in [2.75, 3.05) is 20.3 Å². The van der Waals surface area contributed by atoms with Crippen molar-refractivity contribution in [3.63, 3.8) is 0 Å². The van der Waals surface area contributed by atoms with Crippen LogP contribution in [0.4, 0.5) is 0 Å². The lowest BCUT2D eigenvalue weighted by Crippen LogP contribution is -2.47. The lowest BCUT2D eigenvalue weighted by molar-refractivity contribution is -0.140. The maximum absolute atomic E-state index is 13.0. The molecular weight excluding hydrogens is 380 g/mol. The first-order chi connectivity index (χ1) is 14.4. The number of likely N-dealkylation sites (N-methyl/N-ethyl adjacent to an activating group) is 1. The predicted molar refractivity (Wildman–Crippen MR) is 118 cm³/mol. The third-order valence-electron chi connectivity index (χ3n) is 4.83. The monoisotopic (exact) mass is 412 g/mol. The average Bonchev–Trinajstić information content (AvgIpc) is 2.76. The molecule has 2 aromatic carbocycles. The number of ether oxygens (including phenoxy) is 2. The zero-order valence-corrected chi connectivity index (χ0v) is 18.3. The van der Waals surface area contributed by atoms with Crippen molar-refractivity contribution in [2.24, 2.45) is 0 Å². The minimum absolute atomic E-state index is 0.0796. The van der Waals surface area contributed by atoms with Crippen molar-refractivity contribution in [3.05, 3.63) is 59.7 Å². The van der Waals surface area contributed by atoms with Gasteiger partial charge in [0.2, 0.25) is 11.8 Å². The summed E-state index contributed by atoms with van der Waals surface area (Å²) in [5.41, 5.74) is 2.08. The van der Waals surface area contributed by atoms with Gasteiger partial charge in [0.25, 0.3) is 0 Å². The molecule has 2 aromatic rings. The summed E-state index contributed by atoms with van der Waals surface area (Å²) >= 11 is 0. The highest BCUT2D eigenvalue weighted by Crippen LogP contribution is 2.17. The fourth-order valence-electron chi connectivity index (χ4n) is 3.06. The van der Waals surface area contributed by atoms with E-state index in [1.54, 1.807) is 18.9 Å². The molecule has 2 rings (SSSR count). The number of amides is 2. The van der Waals surface area contributed by atoms with Crippen LogP contribution in [0.2, 0.25) is 0 Å². The van der Waals surface area contributed by atoms with E-state index in [4.69, 9.17) is 9.47 Å². The van der Waals surface area contributed by atoms with Crippen LogP contribution in [0.1, 0.15) is 37.8 Å². The third kappa shape index (κ3) is 7.10. The summed E-state index contributed by atoms with van der Waals surface area (Å²) in [4.78, 5) is 27.0. The topological polar surface area (TPSA) is 67.9 Å². The number of hydrogen-bond donors (Lipinski definition) is 1. The van der Waals surface area contributed by atoms with Crippen molar-refractivity contribution in [1.82, 2.24) is 10.2 Å². The molecule has 162 valence electrons. The van der Waals surface area contributed by atoms with Gasteiger partial charge in [-0.25, -0.2) is 0 Å². The molecule has 0 radical (unpaired) electrons. The van der Waals surface area contributed by atoms with Gasteiger partial charge in [-0.15, -0.1) is 0 Å². The first kappa shape index (κ1) is 23.3. The molecule has 0 aliphatic heterocycles. The van der Waals surface area contributed by atoms with E-state index < -0.39 is 6.04 Å². The Balaban J connectivity index is 1.99. The lowest BCUT2D eigenvalue weighted by Gasteiger charge is -2.29. The van der Waals surface area contributed by atoms with Crippen LogP contribution >= 0.6 is 0 Å². The number of hydrogen-bond acceptors (Lipinski definition) is 4. The van der Waals surface area contributed by atoms with Crippen LogP contribution < -0.4 is 14.8 Å². The number of carbonyl (C=O) groups excluding carboxylic acids is 2. The maximum atomic E-state index is 13.0. The van der Waals surface area contributed by atoms with Crippen molar-refractivity contribution >= 4 is 11.8 Å². The lowest BCUT2D eigenvalue weighted by atomic mass is 10.1. The highest BCUT2D eigenvalue weighted by molar-refractivity contribution is 5.87. The highest BCUT2D eigenvalue weighted by atomic mass is 16.5. The first-order valence-electron chi connectivity index (χ1n) is 10.3. The van der Waals surface area contributed by atoms with E-state index in [1.807, 2.05) is 62.4 Å². The third-order valence-corrected chi connectivity index (χ3v) is 4.83. The minimum atomic E-state index is -0.568. The standard InChI is InChI=1S/C24H32N2O4/c1-5-25-24(28)19(3)26(17-20-8-6-9-22(16-20)29-4)23(27)10-7-15-30-21-13-11-18(2)12-14-21/h6,8-9,11-14,16,19H,5,7,10,15,17H2,1-4H3,(H,25,28)/t19-/m1/s1. The Bertz CT molecular complexity index is 820. The van der Waals surface area contributed by atoms with Gasteiger partial charge in [-0.3, -0.25) is 9.59 Å². The summed E-state index contributed by atoms with van der Waals surface area (Å²) in [6.45, 7) is 6.95. The van der Waals surface area contributed by atoms with Crippen LogP contribution in [0.3, 0.4) is 0 Å². The zero-order valence-electron chi connectivity index (χ0n) is 18.3.